The number of rotatable bonds is 5. The summed E-state index contributed by atoms with van der Waals surface area (Å²) < 4.78 is 0. The highest BCUT2D eigenvalue weighted by Gasteiger charge is 2.06. The maximum atomic E-state index is 9.21. The maximum absolute atomic E-state index is 9.21. The lowest BCUT2D eigenvalue weighted by Gasteiger charge is -2.12. The normalized spacial score (nSPS) is 12.3. The number of benzene rings is 1. The molecule has 18 heavy (non-hydrogen) atoms. The van der Waals surface area contributed by atoms with Gasteiger partial charge in [0.25, 0.3) is 0 Å². The lowest BCUT2D eigenvalue weighted by atomic mass is 10.1. The van der Waals surface area contributed by atoms with Crippen LogP contribution in [0.5, 0.6) is 5.75 Å². The Labute approximate surface area is 111 Å². The largest absolute Gasteiger partial charge is 0.508 e. The van der Waals surface area contributed by atoms with Crippen LogP contribution in [0.2, 0.25) is 0 Å². The number of hydrogen-bond donors (Lipinski definition) is 2. The predicted octanol–water partition coefficient (Wildman–Crippen LogP) is 2.99. The zero-order valence-electron chi connectivity index (χ0n) is 10.6. The molecule has 1 aromatic carbocycles. The Morgan fingerprint density at radius 3 is 2.61 bits per heavy atom. The first-order valence-corrected chi connectivity index (χ1v) is 6.79. The molecule has 1 aromatic heterocycles. The minimum atomic E-state index is 0.314. The molecule has 0 amide bonds. The van der Waals surface area contributed by atoms with Crippen LogP contribution in [0.4, 0.5) is 5.13 Å². The van der Waals surface area contributed by atoms with Crippen LogP contribution in [0.15, 0.2) is 24.3 Å². The van der Waals surface area contributed by atoms with E-state index in [1.807, 2.05) is 19.1 Å². The van der Waals surface area contributed by atoms with E-state index in [0.29, 0.717) is 11.8 Å². The third-order valence-electron chi connectivity index (χ3n) is 2.70. The molecule has 0 spiro atoms. The smallest absolute Gasteiger partial charge is 0.205 e. The number of aryl methyl sites for hydroxylation is 2. The van der Waals surface area contributed by atoms with Crippen LogP contribution >= 0.6 is 11.3 Å². The molecule has 0 radical (unpaired) electrons. The minimum Gasteiger partial charge on any atom is -0.508 e. The van der Waals surface area contributed by atoms with E-state index in [1.165, 1.54) is 5.56 Å². The van der Waals surface area contributed by atoms with Gasteiger partial charge in [-0.2, -0.15) is 0 Å². The van der Waals surface area contributed by atoms with Crippen molar-refractivity contribution in [3.8, 4) is 5.75 Å². The van der Waals surface area contributed by atoms with Crippen molar-refractivity contribution < 1.29 is 5.11 Å². The number of hydrogen-bond acceptors (Lipinski definition) is 5. The molecule has 0 bridgehead atoms. The van der Waals surface area contributed by atoms with Gasteiger partial charge in [-0.1, -0.05) is 23.5 Å². The number of nitrogens with zero attached hydrogens (tertiary/aromatic N) is 2. The predicted molar refractivity (Wildman–Crippen MR) is 74.2 cm³/mol. The number of nitrogens with one attached hydrogen (secondary N) is 1. The summed E-state index contributed by atoms with van der Waals surface area (Å²) in [6, 6.07) is 7.71. The molecule has 0 fully saturated rings. The summed E-state index contributed by atoms with van der Waals surface area (Å²) in [5.41, 5.74) is 1.23. The molecule has 2 N–H and O–H groups in total. The molecule has 4 nitrogen and oxygen atoms in total. The van der Waals surface area contributed by atoms with Crippen molar-refractivity contribution in [2.24, 2.45) is 0 Å². The molecule has 0 aliphatic carbocycles. The second kappa shape index (κ2) is 5.82. The van der Waals surface area contributed by atoms with Crippen molar-refractivity contribution in [3.05, 3.63) is 34.8 Å². The molecule has 5 heteroatoms. The van der Waals surface area contributed by atoms with Gasteiger partial charge >= 0.3 is 0 Å². The molecule has 1 atom stereocenters. The quantitative estimate of drug-likeness (QED) is 0.870. The standard InChI is InChI=1S/C13H17N3OS/c1-9(14-13-16-15-10(2)18-13)3-4-11-5-7-12(17)8-6-11/h5-9,17H,3-4H2,1-2H3,(H,14,16). The second-order valence-electron chi connectivity index (χ2n) is 4.38. The molecule has 2 rings (SSSR count). The van der Waals surface area contributed by atoms with Gasteiger partial charge in [-0.05, 0) is 44.4 Å². The summed E-state index contributed by atoms with van der Waals surface area (Å²) in [5.74, 6) is 0.314. The fraction of sp³-hybridized carbons (Fsp3) is 0.385. The van der Waals surface area contributed by atoms with Gasteiger partial charge in [0.2, 0.25) is 5.13 Å². The van der Waals surface area contributed by atoms with E-state index in [2.05, 4.69) is 22.4 Å². The van der Waals surface area contributed by atoms with Gasteiger partial charge in [0, 0.05) is 6.04 Å². The molecule has 0 saturated carbocycles. The topological polar surface area (TPSA) is 58.0 Å². The van der Waals surface area contributed by atoms with E-state index < -0.39 is 0 Å². The SMILES string of the molecule is Cc1nnc(NC(C)CCc2ccc(O)cc2)s1. The van der Waals surface area contributed by atoms with Gasteiger partial charge in [0.05, 0.1) is 0 Å². The van der Waals surface area contributed by atoms with Crippen molar-refractivity contribution in [2.75, 3.05) is 5.32 Å². The van der Waals surface area contributed by atoms with E-state index in [0.717, 1.165) is 23.0 Å². The second-order valence-corrected chi connectivity index (χ2v) is 5.56. The number of anilines is 1. The first-order chi connectivity index (χ1) is 8.63. The van der Waals surface area contributed by atoms with E-state index in [4.69, 9.17) is 0 Å². The summed E-state index contributed by atoms with van der Waals surface area (Å²) in [6.07, 6.45) is 2.00. The summed E-state index contributed by atoms with van der Waals surface area (Å²) in [7, 11) is 0. The van der Waals surface area contributed by atoms with Gasteiger partial charge < -0.3 is 10.4 Å². The Balaban J connectivity index is 1.81. The fourth-order valence-corrected chi connectivity index (χ4v) is 2.39. The van der Waals surface area contributed by atoms with E-state index >= 15 is 0 Å². The number of aromatic hydroxyl groups is 1. The molecular weight excluding hydrogens is 246 g/mol. The van der Waals surface area contributed by atoms with Crippen molar-refractivity contribution in [1.29, 1.82) is 0 Å². The highest BCUT2D eigenvalue weighted by molar-refractivity contribution is 7.15. The zero-order chi connectivity index (χ0) is 13.0. The van der Waals surface area contributed by atoms with E-state index in [-0.39, 0.29) is 0 Å². The monoisotopic (exact) mass is 263 g/mol. The van der Waals surface area contributed by atoms with Crippen LogP contribution in [-0.4, -0.2) is 21.3 Å². The first kappa shape index (κ1) is 12.8. The number of aromatic nitrogens is 2. The lowest BCUT2D eigenvalue weighted by Crippen LogP contribution is -2.15. The van der Waals surface area contributed by atoms with Gasteiger partial charge in [0.15, 0.2) is 0 Å². The summed E-state index contributed by atoms with van der Waals surface area (Å²) in [6.45, 7) is 4.08. The van der Waals surface area contributed by atoms with Gasteiger partial charge in [-0.15, -0.1) is 10.2 Å². The van der Waals surface area contributed by atoms with E-state index in [1.54, 1.807) is 23.5 Å². The van der Waals surface area contributed by atoms with Crippen LogP contribution in [0.25, 0.3) is 0 Å². The average molecular weight is 263 g/mol. The Morgan fingerprint density at radius 2 is 2.00 bits per heavy atom. The molecule has 0 aliphatic rings. The van der Waals surface area contributed by atoms with Gasteiger partial charge in [-0.3, -0.25) is 0 Å². The van der Waals surface area contributed by atoms with Crippen molar-refractivity contribution in [3.63, 3.8) is 0 Å². The summed E-state index contributed by atoms with van der Waals surface area (Å²) >= 11 is 1.57. The van der Waals surface area contributed by atoms with Crippen LogP contribution in [-0.2, 0) is 6.42 Å². The number of phenolic OH excluding ortho intramolecular Hbond substituents is 1. The molecule has 2 aromatic rings. The van der Waals surface area contributed by atoms with Gasteiger partial charge in [0.1, 0.15) is 10.8 Å². The summed E-state index contributed by atoms with van der Waals surface area (Å²) in [4.78, 5) is 0. The Bertz CT molecular complexity index is 495. The van der Waals surface area contributed by atoms with Crippen molar-refractivity contribution in [1.82, 2.24) is 10.2 Å². The van der Waals surface area contributed by atoms with Crippen LogP contribution < -0.4 is 5.32 Å². The average Bonchev–Trinajstić information content (AvgIpc) is 2.74. The first-order valence-electron chi connectivity index (χ1n) is 5.98. The van der Waals surface area contributed by atoms with Crippen LogP contribution in [0.1, 0.15) is 23.9 Å². The van der Waals surface area contributed by atoms with Crippen LogP contribution in [0, 0.1) is 6.92 Å². The van der Waals surface area contributed by atoms with Gasteiger partial charge in [-0.25, -0.2) is 0 Å². The third kappa shape index (κ3) is 3.70. The molecule has 1 unspecified atom stereocenters. The molecule has 0 saturated heterocycles. The van der Waals surface area contributed by atoms with Crippen molar-refractivity contribution in [2.45, 2.75) is 32.7 Å². The maximum Gasteiger partial charge on any atom is 0.205 e. The highest BCUT2D eigenvalue weighted by Crippen LogP contribution is 2.17. The third-order valence-corrected chi connectivity index (χ3v) is 3.47. The summed E-state index contributed by atoms with van der Waals surface area (Å²) in [5, 5.41) is 22.4. The molecule has 0 aliphatic heterocycles. The minimum absolute atomic E-state index is 0.314. The Morgan fingerprint density at radius 1 is 1.28 bits per heavy atom. The molecular formula is C13H17N3OS. The Hall–Kier alpha value is -1.62. The molecule has 96 valence electrons. The highest BCUT2D eigenvalue weighted by atomic mass is 32.1. The van der Waals surface area contributed by atoms with Crippen molar-refractivity contribution >= 4 is 16.5 Å². The lowest BCUT2D eigenvalue weighted by molar-refractivity contribution is 0.475. The zero-order valence-corrected chi connectivity index (χ0v) is 11.4. The van der Waals surface area contributed by atoms with Crippen LogP contribution in [0.3, 0.4) is 0 Å². The molecule has 1 heterocycles. The Kier molecular flexibility index (Phi) is 4.15. The van der Waals surface area contributed by atoms with E-state index in [9.17, 15) is 5.11 Å². The number of phenols is 1. The fourth-order valence-electron chi connectivity index (χ4n) is 1.68.